The Labute approximate surface area is 131 Å². The molecule has 0 saturated heterocycles. The van der Waals surface area contributed by atoms with Crippen LogP contribution in [-0.2, 0) is 6.54 Å². The lowest BCUT2D eigenvalue weighted by atomic mass is 10.2. The number of aryl methyl sites for hydroxylation is 1. The average Bonchev–Trinajstić information content (AvgIpc) is 2.86. The van der Waals surface area contributed by atoms with Crippen molar-refractivity contribution in [2.45, 2.75) is 19.4 Å². The van der Waals surface area contributed by atoms with Gasteiger partial charge in [0.2, 0.25) is 0 Å². The summed E-state index contributed by atoms with van der Waals surface area (Å²) >= 11 is 0. The van der Waals surface area contributed by atoms with Gasteiger partial charge in [0.05, 0.1) is 11.0 Å². The lowest BCUT2D eigenvalue weighted by molar-refractivity contribution is 0.510. The van der Waals surface area contributed by atoms with Gasteiger partial charge in [-0.15, -0.1) is 0 Å². The highest BCUT2D eigenvalue weighted by molar-refractivity contribution is 5.80. The molecule has 0 bridgehead atoms. The lowest BCUT2D eigenvalue weighted by Gasteiger charge is -2.09. The maximum Gasteiger partial charge on any atom is 0.161 e. The van der Waals surface area contributed by atoms with Gasteiger partial charge in [-0.3, -0.25) is 0 Å². The van der Waals surface area contributed by atoms with Crippen LogP contribution < -0.4 is 5.73 Å². The first-order chi connectivity index (χ1) is 11.1. The van der Waals surface area contributed by atoms with Crippen molar-refractivity contribution in [2.24, 2.45) is 5.73 Å². The Morgan fingerprint density at radius 3 is 2.52 bits per heavy atom. The molecular weight excluding hydrogens is 303 g/mol. The van der Waals surface area contributed by atoms with Crippen LogP contribution in [-0.4, -0.2) is 16.1 Å². The molecule has 0 radical (unpaired) electrons. The summed E-state index contributed by atoms with van der Waals surface area (Å²) in [5.74, 6) is -1.78. The summed E-state index contributed by atoms with van der Waals surface area (Å²) in [6, 6.07) is 8.18. The molecular formula is C17H16F3N3. The van der Waals surface area contributed by atoms with Gasteiger partial charge in [-0.1, -0.05) is 12.1 Å². The van der Waals surface area contributed by atoms with Crippen LogP contribution in [0.4, 0.5) is 13.2 Å². The minimum atomic E-state index is -0.949. The maximum atomic E-state index is 13.6. The molecule has 23 heavy (non-hydrogen) atoms. The zero-order valence-electron chi connectivity index (χ0n) is 12.4. The number of rotatable bonds is 5. The van der Waals surface area contributed by atoms with E-state index in [0.717, 1.165) is 25.0 Å². The van der Waals surface area contributed by atoms with Crippen molar-refractivity contribution in [2.75, 3.05) is 6.54 Å². The summed E-state index contributed by atoms with van der Waals surface area (Å²) in [4.78, 5) is 4.36. The second kappa shape index (κ2) is 6.42. The number of halogens is 3. The summed E-state index contributed by atoms with van der Waals surface area (Å²) in [5.41, 5.74) is 6.90. The number of aromatic nitrogens is 2. The third-order valence-corrected chi connectivity index (χ3v) is 3.71. The Balaban J connectivity index is 2.16. The fourth-order valence-corrected chi connectivity index (χ4v) is 2.61. The highest BCUT2D eigenvalue weighted by Crippen LogP contribution is 2.27. The van der Waals surface area contributed by atoms with Gasteiger partial charge in [-0.25, -0.2) is 18.2 Å². The Kier molecular flexibility index (Phi) is 4.34. The molecule has 6 heteroatoms. The quantitative estimate of drug-likeness (QED) is 0.726. The van der Waals surface area contributed by atoms with Crippen LogP contribution in [0.25, 0.3) is 22.4 Å². The molecule has 0 spiro atoms. The Hall–Kier alpha value is -2.34. The molecule has 1 heterocycles. The summed E-state index contributed by atoms with van der Waals surface area (Å²) in [7, 11) is 0. The van der Waals surface area contributed by atoms with Gasteiger partial charge in [0.15, 0.2) is 11.6 Å². The molecule has 0 fully saturated rings. The number of imidazole rings is 1. The minimum absolute atomic E-state index is 0.343. The van der Waals surface area contributed by atoms with Gasteiger partial charge in [0.25, 0.3) is 0 Å². The molecule has 0 aliphatic heterocycles. The van der Waals surface area contributed by atoms with Crippen LogP contribution in [0, 0.1) is 17.5 Å². The fourth-order valence-electron chi connectivity index (χ4n) is 2.61. The highest BCUT2D eigenvalue weighted by Gasteiger charge is 2.16. The van der Waals surface area contributed by atoms with E-state index in [9.17, 15) is 13.2 Å². The first-order valence-corrected chi connectivity index (χ1v) is 7.41. The first-order valence-electron chi connectivity index (χ1n) is 7.41. The number of benzene rings is 2. The molecule has 3 aromatic rings. The molecule has 120 valence electrons. The summed E-state index contributed by atoms with van der Waals surface area (Å²) < 4.78 is 42.3. The number of hydrogen-bond donors (Lipinski definition) is 1. The third kappa shape index (κ3) is 3.07. The van der Waals surface area contributed by atoms with Crippen LogP contribution in [0.15, 0.2) is 36.4 Å². The van der Waals surface area contributed by atoms with Crippen molar-refractivity contribution in [3.05, 3.63) is 53.8 Å². The van der Waals surface area contributed by atoms with Crippen LogP contribution in [0.2, 0.25) is 0 Å². The summed E-state index contributed by atoms with van der Waals surface area (Å²) in [6.45, 7) is 1.09. The number of nitrogens with two attached hydrogens (primary N) is 1. The maximum absolute atomic E-state index is 13.6. The van der Waals surface area contributed by atoms with Crippen molar-refractivity contribution in [1.82, 2.24) is 9.55 Å². The van der Waals surface area contributed by atoms with Crippen molar-refractivity contribution >= 4 is 11.0 Å². The topological polar surface area (TPSA) is 43.8 Å². The molecule has 2 N–H and O–H groups in total. The Bertz CT molecular complexity index is 842. The smallest absolute Gasteiger partial charge is 0.161 e. The Morgan fingerprint density at radius 1 is 1.00 bits per heavy atom. The number of hydrogen-bond acceptors (Lipinski definition) is 2. The molecule has 0 atom stereocenters. The van der Waals surface area contributed by atoms with E-state index in [1.807, 2.05) is 0 Å². The molecule has 1 aromatic heterocycles. The fraction of sp³-hybridized carbons (Fsp3) is 0.235. The molecule has 0 amide bonds. The van der Waals surface area contributed by atoms with Gasteiger partial charge < -0.3 is 10.3 Å². The van der Waals surface area contributed by atoms with E-state index in [2.05, 4.69) is 4.98 Å². The van der Waals surface area contributed by atoms with Crippen LogP contribution >= 0.6 is 0 Å². The SMILES string of the molecule is NCCCCn1c(-c2cccc(F)c2)nc2cc(F)c(F)cc21. The molecule has 3 rings (SSSR count). The number of nitrogens with zero attached hydrogens (tertiary/aromatic N) is 2. The van der Waals surface area contributed by atoms with E-state index in [-0.39, 0.29) is 5.82 Å². The van der Waals surface area contributed by atoms with E-state index in [1.54, 1.807) is 16.7 Å². The van der Waals surface area contributed by atoms with E-state index >= 15 is 0 Å². The molecule has 3 nitrogen and oxygen atoms in total. The predicted molar refractivity (Wildman–Crippen MR) is 83.3 cm³/mol. The van der Waals surface area contributed by atoms with Gasteiger partial charge in [0.1, 0.15) is 11.6 Å². The third-order valence-electron chi connectivity index (χ3n) is 3.71. The molecule has 0 aliphatic carbocycles. The zero-order chi connectivity index (χ0) is 16.4. The average molecular weight is 319 g/mol. The van der Waals surface area contributed by atoms with Crippen LogP contribution in [0.3, 0.4) is 0 Å². The summed E-state index contributed by atoms with van der Waals surface area (Å²) in [5, 5.41) is 0. The van der Waals surface area contributed by atoms with Crippen molar-refractivity contribution in [3.8, 4) is 11.4 Å². The molecule has 0 saturated carbocycles. The second-order valence-electron chi connectivity index (χ2n) is 5.35. The number of fused-ring (bicyclic) bond motifs is 1. The number of unbranched alkanes of at least 4 members (excludes halogenated alkanes) is 1. The minimum Gasteiger partial charge on any atom is -0.330 e. The zero-order valence-corrected chi connectivity index (χ0v) is 12.4. The largest absolute Gasteiger partial charge is 0.330 e. The van der Waals surface area contributed by atoms with Gasteiger partial charge in [-0.05, 0) is 31.5 Å². The van der Waals surface area contributed by atoms with E-state index in [1.165, 1.54) is 12.1 Å². The van der Waals surface area contributed by atoms with Gasteiger partial charge in [-0.2, -0.15) is 0 Å². The first kappa shape index (κ1) is 15.6. The highest BCUT2D eigenvalue weighted by atomic mass is 19.2. The van der Waals surface area contributed by atoms with E-state index < -0.39 is 11.6 Å². The van der Waals surface area contributed by atoms with Crippen LogP contribution in [0.1, 0.15) is 12.8 Å². The van der Waals surface area contributed by atoms with Gasteiger partial charge >= 0.3 is 0 Å². The Morgan fingerprint density at radius 2 is 1.78 bits per heavy atom. The standard InChI is InChI=1S/C17H16F3N3/c18-12-5-3-4-11(8-12)17-22-15-9-13(19)14(20)10-16(15)23(17)7-2-1-6-21/h3-5,8-10H,1-2,6-7,21H2. The second-order valence-corrected chi connectivity index (χ2v) is 5.35. The molecule has 0 unspecified atom stereocenters. The van der Waals surface area contributed by atoms with E-state index in [4.69, 9.17) is 5.73 Å². The monoisotopic (exact) mass is 319 g/mol. The van der Waals surface area contributed by atoms with Crippen molar-refractivity contribution < 1.29 is 13.2 Å². The predicted octanol–water partition coefficient (Wildman–Crippen LogP) is 3.86. The molecule has 0 aliphatic rings. The van der Waals surface area contributed by atoms with E-state index in [0.29, 0.717) is 35.5 Å². The van der Waals surface area contributed by atoms with Crippen molar-refractivity contribution in [1.29, 1.82) is 0 Å². The van der Waals surface area contributed by atoms with Crippen LogP contribution in [0.5, 0.6) is 0 Å². The molecule has 2 aromatic carbocycles. The van der Waals surface area contributed by atoms with Crippen molar-refractivity contribution in [3.63, 3.8) is 0 Å². The lowest BCUT2D eigenvalue weighted by Crippen LogP contribution is -2.05. The summed E-state index contributed by atoms with van der Waals surface area (Å²) in [6.07, 6.45) is 1.56. The normalized spacial score (nSPS) is 11.3. The van der Waals surface area contributed by atoms with Gasteiger partial charge in [0, 0.05) is 24.2 Å².